The first-order chi connectivity index (χ1) is 8.68. The molecule has 1 saturated heterocycles. The molecular formula is C13H19N5. The Labute approximate surface area is 107 Å². The van der Waals surface area contributed by atoms with Crippen LogP contribution in [0.1, 0.15) is 38.3 Å². The van der Waals surface area contributed by atoms with Gasteiger partial charge in [-0.15, -0.1) is 0 Å². The van der Waals surface area contributed by atoms with Crippen molar-refractivity contribution in [2.75, 3.05) is 12.3 Å². The third-order valence-electron chi connectivity index (χ3n) is 3.77. The molecule has 0 spiro atoms. The molecule has 1 aliphatic rings. The van der Waals surface area contributed by atoms with Gasteiger partial charge in [0.05, 0.1) is 6.20 Å². The second-order valence-electron chi connectivity index (χ2n) is 5.19. The van der Waals surface area contributed by atoms with Crippen LogP contribution in [0.2, 0.25) is 0 Å². The molecule has 3 heterocycles. The Kier molecular flexibility index (Phi) is 2.70. The first-order valence-corrected chi connectivity index (χ1v) is 6.52. The summed E-state index contributed by atoms with van der Waals surface area (Å²) in [4.78, 5) is 6.95. The molecule has 2 aromatic rings. The van der Waals surface area contributed by atoms with Crippen LogP contribution in [0.4, 0.5) is 5.82 Å². The van der Waals surface area contributed by atoms with E-state index in [1.165, 1.54) is 18.4 Å². The largest absolute Gasteiger partial charge is 0.384 e. The summed E-state index contributed by atoms with van der Waals surface area (Å²) in [5.41, 5.74) is 8.01. The van der Waals surface area contributed by atoms with Crippen LogP contribution in [0.5, 0.6) is 0 Å². The normalized spacial score (nSPS) is 21.2. The van der Waals surface area contributed by atoms with Crippen LogP contribution in [0.3, 0.4) is 0 Å². The molecule has 0 bridgehead atoms. The van der Waals surface area contributed by atoms with Crippen molar-refractivity contribution in [2.24, 2.45) is 0 Å². The highest BCUT2D eigenvalue weighted by Crippen LogP contribution is 2.35. The number of nitrogen functional groups attached to an aromatic ring is 1. The lowest BCUT2D eigenvalue weighted by molar-refractivity contribution is 0.206. The smallest absolute Gasteiger partial charge is 0.162 e. The Morgan fingerprint density at radius 1 is 1.44 bits per heavy atom. The lowest BCUT2D eigenvalue weighted by Crippen LogP contribution is -2.30. The summed E-state index contributed by atoms with van der Waals surface area (Å²) in [6, 6.07) is 2.75. The van der Waals surface area contributed by atoms with Crippen molar-refractivity contribution in [3.8, 4) is 0 Å². The van der Waals surface area contributed by atoms with E-state index in [9.17, 15) is 0 Å². The molecular weight excluding hydrogens is 226 g/mol. The summed E-state index contributed by atoms with van der Waals surface area (Å²) in [7, 11) is 0. The number of nitrogens with zero attached hydrogens (tertiary/aromatic N) is 4. The number of nitrogens with two attached hydrogens (primary N) is 1. The predicted molar refractivity (Wildman–Crippen MR) is 71.2 cm³/mol. The molecule has 1 aliphatic heterocycles. The summed E-state index contributed by atoms with van der Waals surface area (Å²) >= 11 is 0. The van der Waals surface area contributed by atoms with Crippen molar-refractivity contribution in [1.82, 2.24) is 19.5 Å². The molecule has 3 rings (SSSR count). The van der Waals surface area contributed by atoms with Crippen molar-refractivity contribution in [3.05, 3.63) is 24.0 Å². The average Bonchev–Trinajstić information content (AvgIpc) is 2.94. The summed E-state index contributed by atoms with van der Waals surface area (Å²) in [6.07, 6.45) is 6.09. The Bertz CT molecular complexity index is 560. The van der Waals surface area contributed by atoms with Crippen molar-refractivity contribution in [3.63, 3.8) is 0 Å². The van der Waals surface area contributed by atoms with Crippen LogP contribution in [-0.2, 0) is 0 Å². The molecule has 1 atom stereocenters. The lowest BCUT2D eigenvalue weighted by Gasteiger charge is -2.27. The highest BCUT2D eigenvalue weighted by Gasteiger charge is 2.30. The summed E-state index contributed by atoms with van der Waals surface area (Å²) in [5, 5.41) is 4.36. The molecule has 2 N–H and O–H groups in total. The van der Waals surface area contributed by atoms with Gasteiger partial charge in [0.15, 0.2) is 5.65 Å². The van der Waals surface area contributed by atoms with Gasteiger partial charge in [0, 0.05) is 23.8 Å². The van der Waals surface area contributed by atoms with E-state index in [-0.39, 0.29) is 0 Å². The van der Waals surface area contributed by atoms with Gasteiger partial charge in [0.1, 0.15) is 5.82 Å². The average molecular weight is 245 g/mol. The van der Waals surface area contributed by atoms with Gasteiger partial charge >= 0.3 is 0 Å². The van der Waals surface area contributed by atoms with E-state index in [1.54, 1.807) is 16.8 Å². The third-order valence-corrected chi connectivity index (χ3v) is 3.77. The molecule has 2 aromatic heterocycles. The van der Waals surface area contributed by atoms with Crippen LogP contribution in [0.25, 0.3) is 5.65 Å². The molecule has 96 valence electrons. The number of rotatable bonds is 2. The standard InChI is InChI=1S/C13H19N5/c1-9(2)17-7-3-4-11(17)10-8-16-18-12(14)5-6-15-13(10)18/h5-6,8-9,11H,3-4,7,14H2,1-2H3. The fourth-order valence-electron chi connectivity index (χ4n) is 2.90. The molecule has 1 fully saturated rings. The van der Waals surface area contributed by atoms with Crippen molar-refractivity contribution < 1.29 is 0 Å². The van der Waals surface area contributed by atoms with Crippen molar-refractivity contribution in [1.29, 1.82) is 0 Å². The molecule has 0 aromatic carbocycles. The van der Waals surface area contributed by atoms with Crippen molar-refractivity contribution in [2.45, 2.75) is 38.8 Å². The number of anilines is 1. The van der Waals surface area contributed by atoms with Crippen LogP contribution in [0.15, 0.2) is 18.5 Å². The Balaban J connectivity index is 2.07. The van der Waals surface area contributed by atoms with E-state index in [4.69, 9.17) is 5.73 Å². The van der Waals surface area contributed by atoms with E-state index >= 15 is 0 Å². The molecule has 0 aliphatic carbocycles. The number of hydrogen-bond donors (Lipinski definition) is 1. The molecule has 0 amide bonds. The van der Waals surface area contributed by atoms with E-state index in [0.29, 0.717) is 17.9 Å². The number of fused-ring (bicyclic) bond motifs is 1. The van der Waals surface area contributed by atoms with E-state index in [0.717, 1.165) is 12.2 Å². The second-order valence-corrected chi connectivity index (χ2v) is 5.19. The van der Waals surface area contributed by atoms with E-state index < -0.39 is 0 Å². The predicted octanol–water partition coefficient (Wildman–Crippen LogP) is 1.86. The van der Waals surface area contributed by atoms with Crippen LogP contribution in [-0.4, -0.2) is 32.1 Å². The van der Waals surface area contributed by atoms with E-state index in [2.05, 4.69) is 28.8 Å². The minimum atomic E-state index is 0.428. The minimum absolute atomic E-state index is 0.428. The number of aromatic nitrogens is 3. The first-order valence-electron chi connectivity index (χ1n) is 6.52. The van der Waals surface area contributed by atoms with Gasteiger partial charge in [-0.25, -0.2) is 4.98 Å². The minimum Gasteiger partial charge on any atom is -0.384 e. The van der Waals surface area contributed by atoms with Gasteiger partial charge in [-0.1, -0.05) is 0 Å². The molecule has 5 nitrogen and oxygen atoms in total. The summed E-state index contributed by atoms with van der Waals surface area (Å²) in [5.74, 6) is 0.639. The number of hydrogen-bond acceptors (Lipinski definition) is 4. The lowest BCUT2D eigenvalue weighted by atomic mass is 10.1. The zero-order chi connectivity index (χ0) is 12.7. The number of likely N-dealkylation sites (tertiary alicyclic amines) is 1. The third kappa shape index (κ3) is 1.66. The van der Waals surface area contributed by atoms with Crippen molar-refractivity contribution >= 4 is 11.5 Å². The monoisotopic (exact) mass is 245 g/mol. The summed E-state index contributed by atoms with van der Waals surface area (Å²) in [6.45, 7) is 5.64. The van der Waals surface area contributed by atoms with Gasteiger partial charge < -0.3 is 5.73 Å². The molecule has 1 unspecified atom stereocenters. The SMILES string of the molecule is CC(C)N1CCCC1c1cnn2c(N)ccnc12. The van der Waals surface area contributed by atoms with Gasteiger partial charge in [-0.3, -0.25) is 4.90 Å². The Hall–Kier alpha value is -1.62. The zero-order valence-electron chi connectivity index (χ0n) is 10.9. The second kappa shape index (κ2) is 4.24. The van der Waals surface area contributed by atoms with Crippen LogP contribution >= 0.6 is 0 Å². The van der Waals surface area contributed by atoms with Gasteiger partial charge in [-0.2, -0.15) is 9.61 Å². The quantitative estimate of drug-likeness (QED) is 0.877. The molecule has 0 radical (unpaired) electrons. The van der Waals surface area contributed by atoms with Gasteiger partial charge in [0.25, 0.3) is 0 Å². The summed E-state index contributed by atoms with van der Waals surface area (Å²) < 4.78 is 1.73. The van der Waals surface area contributed by atoms with Crippen LogP contribution < -0.4 is 5.73 Å². The maximum Gasteiger partial charge on any atom is 0.162 e. The molecule has 0 saturated carbocycles. The van der Waals surface area contributed by atoms with Crippen LogP contribution in [0, 0.1) is 0 Å². The van der Waals surface area contributed by atoms with E-state index in [1.807, 2.05) is 6.20 Å². The highest BCUT2D eigenvalue weighted by molar-refractivity contribution is 5.52. The topological polar surface area (TPSA) is 59.5 Å². The molecule has 5 heteroatoms. The zero-order valence-corrected chi connectivity index (χ0v) is 10.9. The highest BCUT2D eigenvalue weighted by atomic mass is 15.3. The maximum atomic E-state index is 5.91. The first kappa shape index (κ1) is 11.5. The Morgan fingerprint density at radius 2 is 2.28 bits per heavy atom. The van der Waals surface area contributed by atoms with Gasteiger partial charge in [-0.05, 0) is 39.3 Å². The maximum absolute atomic E-state index is 5.91. The fraction of sp³-hybridized carbons (Fsp3) is 0.538. The van der Waals surface area contributed by atoms with Gasteiger partial charge in [0.2, 0.25) is 0 Å². The Morgan fingerprint density at radius 3 is 3.06 bits per heavy atom. The fourth-order valence-corrected chi connectivity index (χ4v) is 2.90. The molecule has 18 heavy (non-hydrogen) atoms.